The second-order valence-electron chi connectivity index (χ2n) is 5.73. The molecule has 1 heterocycles. The minimum Gasteiger partial charge on any atom is -0.476 e. The second kappa shape index (κ2) is 6.60. The SMILES string of the molecule is Cc1cccc(C(C)C)c1NC(=O)Cn1nnc(C(=O)O)c1C. The average molecular weight is 316 g/mol. The van der Waals surface area contributed by atoms with Crippen LogP contribution in [-0.2, 0) is 11.3 Å². The van der Waals surface area contributed by atoms with Crippen molar-refractivity contribution in [3.63, 3.8) is 0 Å². The lowest BCUT2D eigenvalue weighted by Gasteiger charge is -2.16. The van der Waals surface area contributed by atoms with Crippen LogP contribution in [0.25, 0.3) is 0 Å². The van der Waals surface area contributed by atoms with E-state index in [0.717, 1.165) is 16.8 Å². The number of hydrogen-bond acceptors (Lipinski definition) is 4. The van der Waals surface area contributed by atoms with Gasteiger partial charge in [0.1, 0.15) is 6.54 Å². The van der Waals surface area contributed by atoms with Crippen molar-refractivity contribution in [2.45, 2.75) is 40.2 Å². The summed E-state index contributed by atoms with van der Waals surface area (Å²) in [5.41, 5.74) is 3.03. The quantitative estimate of drug-likeness (QED) is 0.882. The number of carbonyl (C=O) groups is 2. The first-order valence-electron chi connectivity index (χ1n) is 7.34. The number of aryl methyl sites for hydroxylation is 1. The molecular formula is C16H20N4O3. The van der Waals surface area contributed by atoms with Crippen LogP contribution in [0.15, 0.2) is 18.2 Å². The van der Waals surface area contributed by atoms with Crippen LogP contribution in [0.2, 0.25) is 0 Å². The van der Waals surface area contributed by atoms with Gasteiger partial charge in [-0.25, -0.2) is 9.48 Å². The smallest absolute Gasteiger partial charge is 0.358 e. The van der Waals surface area contributed by atoms with E-state index in [1.54, 1.807) is 6.92 Å². The topological polar surface area (TPSA) is 97.1 Å². The molecule has 2 rings (SSSR count). The number of para-hydroxylation sites is 1. The van der Waals surface area contributed by atoms with Gasteiger partial charge in [0.15, 0.2) is 5.69 Å². The summed E-state index contributed by atoms with van der Waals surface area (Å²) < 4.78 is 1.28. The van der Waals surface area contributed by atoms with Crippen LogP contribution in [0.4, 0.5) is 5.69 Å². The first-order chi connectivity index (χ1) is 10.8. The molecule has 0 radical (unpaired) electrons. The highest BCUT2D eigenvalue weighted by molar-refractivity contribution is 5.92. The van der Waals surface area contributed by atoms with E-state index in [0.29, 0.717) is 5.69 Å². The van der Waals surface area contributed by atoms with Gasteiger partial charge in [0.25, 0.3) is 0 Å². The number of nitrogens with one attached hydrogen (secondary N) is 1. The summed E-state index contributed by atoms with van der Waals surface area (Å²) in [6.07, 6.45) is 0. The first kappa shape index (κ1) is 16.7. The first-order valence-corrected chi connectivity index (χ1v) is 7.34. The summed E-state index contributed by atoms with van der Waals surface area (Å²) >= 11 is 0. The molecule has 7 heteroatoms. The second-order valence-corrected chi connectivity index (χ2v) is 5.73. The summed E-state index contributed by atoms with van der Waals surface area (Å²) in [4.78, 5) is 23.3. The Morgan fingerprint density at radius 1 is 1.30 bits per heavy atom. The standard InChI is InChI=1S/C16H20N4O3/c1-9(2)12-7-5-6-10(3)14(12)17-13(21)8-20-11(4)15(16(22)23)18-19-20/h5-7,9H,8H2,1-4H3,(H,17,21)(H,22,23). The molecule has 23 heavy (non-hydrogen) atoms. The molecule has 2 N–H and O–H groups in total. The van der Waals surface area contributed by atoms with Crippen LogP contribution >= 0.6 is 0 Å². The summed E-state index contributed by atoms with van der Waals surface area (Å²) in [5, 5.41) is 19.2. The molecule has 1 aromatic heterocycles. The Morgan fingerprint density at radius 3 is 2.57 bits per heavy atom. The molecule has 0 bridgehead atoms. The van der Waals surface area contributed by atoms with Crippen molar-refractivity contribution in [1.82, 2.24) is 15.0 Å². The Morgan fingerprint density at radius 2 is 2.00 bits per heavy atom. The third-order valence-electron chi connectivity index (χ3n) is 3.67. The molecule has 122 valence electrons. The molecule has 0 atom stereocenters. The number of amides is 1. The minimum absolute atomic E-state index is 0.0853. The lowest BCUT2D eigenvalue weighted by Crippen LogP contribution is -2.22. The predicted octanol–water partition coefficient (Wildman–Crippen LogP) is 2.36. The summed E-state index contributed by atoms with van der Waals surface area (Å²) in [5.74, 6) is -1.15. The number of carbonyl (C=O) groups excluding carboxylic acids is 1. The molecule has 0 saturated carbocycles. The van der Waals surface area contributed by atoms with Crippen LogP contribution in [-0.4, -0.2) is 32.0 Å². The Hall–Kier alpha value is -2.70. The number of aromatic carboxylic acids is 1. The van der Waals surface area contributed by atoms with E-state index in [4.69, 9.17) is 5.11 Å². The zero-order valence-electron chi connectivity index (χ0n) is 13.6. The largest absolute Gasteiger partial charge is 0.476 e. The summed E-state index contributed by atoms with van der Waals surface area (Å²) in [6, 6.07) is 5.88. The van der Waals surface area contributed by atoms with Crippen molar-refractivity contribution in [2.24, 2.45) is 0 Å². The van der Waals surface area contributed by atoms with Crippen molar-refractivity contribution in [3.8, 4) is 0 Å². The van der Waals surface area contributed by atoms with E-state index >= 15 is 0 Å². The zero-order valence-corrected chi connectivity index (χ0v) is 13.6. The predicted molar refractivity (Wildman–Crippen MR) is 85.6 cm³/mol. The fourth-order valence-corrected chi connectivity index (χ4v) is 2.37. The molecule has 0 unspecified atom stereocenters. The van der Waals surface area contributed by atoms with E-state index in [9.17, 15) is 9.59 Å². The van der Waals surface area contributed by atoms with Crippen LogP contribution < -0.4 is 5.32 Å². The fraction of sp³-hybridized carbons (Fsp3) is 0.375. The van der Waals surface area contributed by atoms with Crippen molar-refractivity contribution in [2.75, 3.05) is 5.32 Å². The van der Waals surface area contributed by atoms with Crippen molar-refractivity contribution in [3.05, 3.63) is 40.7 Å². The molecule has 1 amide bonds. The maximum Gasteiger partial charge on any atom is 0.358 e. The molecule has 0 fully saturated rings. The Labute approximate surface area is 134 Å². The van der Waals surface area contributed by atoms with Crippen molar-refractivity contribution in [1.29, 1.82) is 0 Å². The number of carboxylic acid groups (broad SMARTS) is 1. The molecule has 0 saturated heterocycles. The van der Waals surface area contributed by atoms with Crippen LogP contribution in [0.3, 0.4) is 0 Å². The van der Waals surface area contributed by atoms with Gasteiger partial charge >= 0.3 is 5.97 Å². The molecule has 7 nitrogen and oxygen atoms in total. The number of aromatic nitrogens is 3. The molecule has 0 aliphatic carbocycles. The number of carboxylic acids is 1. The van der Waals surface area contributed by atoms with Crippen LogP contribution in [0.5, 0.6) is 0 Å². The van der Waals surface area contributed by atoms with Crippen LogP contribution in [0.1, 0.15) is 47.1 Å². The molecule has 2 aromatic rings. The highest BCUT2D eigenvalue weighted by atomic mass is 16.4. The van der Waals surface area contributed by atoms with Gasteiger partial charge in [-0.1, -0.05) is 37.3 Å². The number of benzene rings is 1. The van der Waals surface area contributed by atoms with E-state index in [2.05, 4.69) is 29.5 Å². The van der Waals surface area contributed by atoms with E-state index in [1.165, 1.54) is 4.68 Å². The van der Waals surface area contributed by atoms with Crippen LogP contribution in [0, 0.1) is 13.8 Å². The third-order valence-corrected chi connectivity index (χ3v) is 3.67. The summed E-state index contributed by atoms with van der Waals surface area (Å²) in [7, 11) is 0. The highest BCUT2D eigenvalue weighted by Gasteiger charge is 2.18. The Balaban J connectivity index is 2.19. The third kappa shape index (κ3) is 3.56. The Kier molecular flexibility index (Phi) is 4.78. The van der Waals surface area contributed by atoms with Gasteiger partial charge in [0.2, 0.25) is 5.91 Å². The molecular weight excluding hydrogens is 296 g/mol. The molecule has 0 aliphatic rings. The number of anilines is 1. The van der Waals surface area contributed by atoms with Crippen molar-refractivity contribution >= 4 is 17.6 Å². The molecule has 0 spiro atoms. The number of nitrogens with zero attached hydrogens (tertiary/aromatic N) is 3. The van der Waals surface area contributed by atoms with Gasteiger partial charge in [-0.3, -0.25) is 4.79 Å². The zero-order chi connectivity index (χ0) is 17.1. The lowest BCUT2D eigenvalue weighted by molar-refractivity contribution is -0.117. The van der Waals surface area contributed by atoms with Gasteiger partial charge in [-0.05, 0) is 30.9 Å². The highest BCUT2D eigenvalue weighted by Crippen LogP contribution is 2.27. The van der Waals surface area contributed by atoms with Gasteiger partial charge in [0, 0.05) is 5.69 Å². The van der Waals surface area contributed by atoms with Gasteiger partial charge < -0.3 is 10.4 Å². The number of hydrogen-bond donors (Lipinski definition) is 2. The van der Waals surface area contributed by atoms with Crippen molar-refractivity contribution < 1.29 is 14.7 Å². The van der Waals surface area contributed by atoms with E-state index in [-0.39, 0.29) is 24.1 Å². The maximum atomic E-state index is 12.3. The summed E-state index contributed by atoms with van der Waals surface area (Å²) in [6.45, 7) is 7.54. The molecule has 1 aromatic carbocycles. The minimum atomic E-state index is -1.16. The fourth-order valence-electron chi connectivity index (χ4n) is 2.37. The lowest BCUT2D eigenvalue weighted by atomic mass is 9.98. The number of rotatable bonds is 5. The molecule has 0 aliphatic heterocycles. The maximum absolute atomic E-state index is 12.3. The average Bonchev–Trinajstić information content (AvgIpc) is 2.82. The van der Waals surface area contributed by atoms with E-state index < -0.39 is 5.97 Å². The van der Waals surface area contributed by atoms with Gasteiger partial charge in [-0.15, -0.1) is 5.10 Å². The van der Waals surface area contributed by atoms with Gasteiger partial charge in [0.05, 0.1) is 5.69 Å². The monoisotopic (exact) mass is 316 g/mol. The van der Waals surface area contributed by atoms with E-state index in [1.807, 2.05) is 25.1 Å². The normalized spacial score (nSPS) is 10.8. The Bertz CT molecular complexity index is 750. The van der Waals surface area contributed by atoms with Gasteiger partial charge in [-0.2, -0.15) is 0 Å².